The van der Waals surface area contributed by atoms with E-state index in [-0.39, 0.29) is 11.9 Å². The summed E-state index contributed by atoms with van der Waals surface area (Å²) in [7, 11) is 0. The van der Waals surface area contributed by atoms with Crippen molar-refractivity contribution in [3.8, 4) is 0 Å². The average Bonchev–Trinajstić information content (AvgIpc) is 2.44. The molecule has 0 aliphatic heterocycles. The predicted octanol–water partition coefficient (Wildman–Crippen LogP) is 4.77. The summed E-state index contributed by atoms with van der Waals surface area (Å²) in [5.41, 5.74) is 2.80. The fourth-order valence-electron chi connectivity index (χ4n) is 2.18. The molecule has 1 amide bonds. The van der Waals surface area contributed by atoms with Gasteiger partial charge >= 0.3 is 0 Å². The third kappa shape index (κ3) is 4.32. The van der Waals surface area contributed by atoms with Crippen molar-refractivity contribution in [3.05, 3.63) is 68.7 Å². The Bertz CT molecular complexity index is 640. The van der Waals surface area contributed by atoms with Crippen LogP contribution in [0, 0.1) is 6.92 Å². The first-order chi connectivity index (χ1) is 9.97. The Balaban J connectivity index is 2.02. The number of benzene rings is 2. The molecule has 1 unspecified atom stereocenters. The van der Waals surface area contributed by atoms with Gasteiger partial charge in [0.15, 0.2) is 0 Å². The number of nitrogens with one attached hydrogen (secondary N) is 1. The predicted molar refractivity (Wildman–Crippen MR) is 91.0 cm³/mol. The lowest BCUT2D eigenvalue weighted by Gasteiger charge is -2.15. The van der Waals surface area contributed by atoms with Crippen molar-refractivity contribution >= 4 is 33.4 Å². The fraction of sp³-hybridized carbons (Fsp3) is 0.235. The van der Waals surface area contributed by atoms with Crippen molar-refractivity contribution in [1.29, 1.82) is 0 Å². The molecule has 2 aromatic rings. The molecule has 0 bridgehead atoms. The molecule has 0 saturated carbocycles. The van der Waals surface area contributed by atoms with Gasteiger partial charge in [0.2, 0.25) is 0 Å². The van der Waals surface area contributed by atoms with E-state index in [2.05, 4.69) is 21.2 Å². The number of rotatable bonds is 4. The second-order valence-corrected chi connectivity index (χ2v) is 6.41. The minimum Gasteiger partial charge on any atom is -0.349 e. The van der Waals surface area contributed by atoms with Crippen molar-refractivity contribution in [1.82, 2.24) is 5.32 Å². The minimum atomic E-state index is -0.0461. The largest absolute Gasteiger partial charge is 0.349 e. The molecule has 4 heteroatoms. The molecule has 2 aromatic carbocycles. The van der Waals surface area contributed by atoms with Crippen LogP contribution in [0.2, 0.25) is 5.02 Å². The number of halogens is 2. The van der Waals surface area contributed by atoms with Gasteiger partial charge in [-0.25, -0.2) is 0 Å². The second kappa shape index (κ2) is 7.10. The van der Waals surface area contributed by atoms with Crippen LogP contribution in [0.25, 0.3) is 0 Å². The zero-order chi connectivity index (χ0) is 15.4. The monoisotopic (exact) mass is 365 g/mol. The van der Waals surface area contributed by atoms with Crippen molar-refractivity contribution in [3.63, 3.8) is 0 Å². The van der Waals surface area contributed by atoms with Gasteiger partial charge in [-0.3, -0.25) is 4.79 Å². The van der Waals surface area contributed by atoms with Crippen molar-refractivity contribution in [2.45, 2.75) is 26.3 Å². The number of hydrogen-bond donors (Lipinski definition) is 1. The van der Waals surface area contributed by atoms with Crippen LogP contribution >= 0.6 is 27.5 Å². The Kier molecular flexibility index (Phi) is 5.43. The van der Waals surface area contributed by atoms with Gasteiger partial charge in [0, 0.05) is 21.1 Å². The smallest absolute Gasteiger partial charge is 0.251 e. The number of amides is 1. The van der Waals surface area contributed by atoms with Crippen LogP contribution in [0.1, 0.15) is 28.4 Å². The molecule has 0 aliphatic rings. The highest BCUT2D eigenvalue weighted by molar-refractivity contribution is 9.10. The Labute approximate surface area is 138 Å². The Hall–Kier alpha value is -1.32. The molecule has 1 atom stereocenters. The van der Waals surface area contributed by atoms with Gasteiger partial charge in [-0.2, -0.15) is 0 Å². The Morgan fingerprint density at radius 1 is 1.24 bits per heavy atom. The summed E-state index contributed by atoms with van der Waals surface area (Å²) >= 11 is 9.32. The molecular formula is C17H17BrClNO. The van der Waals surface area contributed by atoms with Crippen LogP contribution in [0.4, 0.5) is 0 Å². The lowest BCUT2D eigenvalue weighted by atomic mass is 10.1. The van der Waals surface area contributed by atoms with Crippen LogP contribution in [-0.2, 0) is 6.42 Å². The summed E-state index contributed by atoms with van der Waals surface area (Å²) in [4.78, 5) is 12.3. The van der Waals surface area contributed by atoms with Gasteiger partial charge in [0.1, 0.15) is 0 Å². The molecule has 0 radical (unpaired) electrons. The van der Waals surface area contributed by atoms with Gasteiger partial charge in [-0.1, -0.05) is 45.7 Å². The highest BCUT2D eigenvalue weighted by Crippen LogP contribution is 2.19. The standard InChI is InChI=1S/C17H17BrClNO/c1-11(10-13-6-8-14(19)9-7-13)20-17(21)15-4-3-5-16(18)12(15)2/h3-9,11H,10H2,1-2H3,(H,20,21). The van der Waals surface area contributed by atoms with Crippen LogP contribution in [-0.4, -0.2) is 11.9 Å². The summed E-state index contributed by atoms with van der Waals surface area (Å²) in [5.74, 6) is -0.0461. The Morgan fingerprint density at radius 2 is 1.90 bits per heavy atom. The molecule has 0 aliphatic carbocycles. The first kappa shape index (κ1) is 16.1. The van der Waals surface area contributed by atoms with E-state index in [0.717, 1.165) is 27.0 Å². The van der Waals surface area contributed by atoms with Crippen molar-refractivity contribution in [2.75, 3.05) is 0 Å². The summed E-state index contributed by atoms with van der Waals surface area (Å²) in [6, 6.07) is 13.4. The topological polar surface area (TPSA) is 29.1 Å². The summed E-state index contributed by atoms with van der Waals surface area (Å²) < 4.78 is 0.945. The Morgan fingerprint density at radius 3 is 2.57 bits per heavy atom. The molecule has 1 N–H and O–H groups in total. The number of hydrogen-bond acceptors (Lipinski definition) is 1. The van der Waals surface area contributed by atoms with E-state index < -0.39 is 0 Å². The van der Waals surface area contributed by atoms with Gasteiger partial charge in [0.05, 0.1) is 0 Å². The average molecular weight is 367 g/mol. The van der Waals surface area contributed by atoms with Crippen LogP contribution in [0.3, 0.4) is 0 Å². The first-order valence-corrected chi connectivity index (χ1v) is 7.95. The number of carbonyl (C=O) groups is 1. The lowest BCUT2D eigenvalue weighted by molar-refractivity contribution is 0.0939. The van der Waals surface area contributed by atoms with Crippen LogP contribution < -0.4 is 5.32 Å². The van der Waals surface area contributed by atoms with E-state index in [1.165, 1.54) is 0 Å². The van der Waals surface area contributed by atoms with E-state index >= 15 is 0 Å². The maximum atomic E-state index is 12.3. The molecule has 0 saturated heterocycles. The van der Waals surface area contributed by atoms with Gasteiger partial charge in [-0.05, 0) is 55.7 Å². The summed E-state index contributed by atoms with van der Waals surface area (Å²) in [6.45, 7) is 3.93. The van der Waals surface area contributed by atoms with Crippen molar-refractivity contribution in [2.24, 2.45) is 0 Å². The molecule has 0 fully saturated rings. The quantitative estimate of drug-likeness (QED) is 0.829. The van der Waals surface area contributed by atoms with E-state index in [1.807, 2.05) is 56.3 Å². The van der Waals surface area contributed by atoms with Crippen LogP contribution in [0.5, 0.6) is 0 Å². The van der Waals surface area contributed by atoms with E-state index in [4.69, 9.17) is 11.6 Å². The molecule has 0 spiro atoms. The number of carbonyl (C=O) groups excluding carboxylic acids is 1. The van der Waals surface area contributed by atoms with Gasteiger partial charge in [0.25, 0.3) is 5.91 Å². The maximum absolute atomic E-state index is 12.3. The summed E-state index contributed by atoms with van der Waals surface area (Å²) in [5, 5.41) is 3.76. The molecule has 2 rings (SSSR count). The normalized spacial score (nSPS) is 12.0. The first-order valence-electron chi connectivity index (χ1n) is 6.78. The summed E-state index contributed by atoms with van der Waals surface area (Å²) in [6.07, 6.45) is 0.774. The fourth-order valence-corrected chi connectivity index (χ4v) is 2.67. The SMILES string of the molecule is Cc1c(Br)cccc1C(=O)NC(C)Cc1ccc(Cl)cc1. The third-order valence-electron chi connectivity index (χ3n) is 3.34. The molecule has 2 nitrogen and oxygen atoms in total. The molecule has 21 heavy (non-hydrogen) atoms. The molecule has 0 heterocycles. The highest BCUT2D eigenvalue weighted by atomic mass is 79.9. The van der Waals surface area contributed by atoms with Gasteiger partial charge < -0.3 is 5.32 Å². The molecule has 0 aromatic heterocycles. The zero-order valence-corrected chi connectivity index (χ0v) is 14.3. The molecule has 110 valence electrons. The van der Waals surface area contributed by atoms with Crippen LogP contribution in [0.15, 0.2) is 46.9 Å². The lowest BCUT2D eigenvalue weighted by Crippen LogP contribution is -2.34. The van der Waals surface area contributed by atoms with Gasteiger partial charge in [-0.15, -0.1) is 0 Å². The zero-order valence-electron chi connectivity index (χ0n) is 12.0. The third-order valence-corrected chi connectivity index (χ3v) is 4.46. The van der Waals surface area contributed by atoms with Crippen molar-refractivity contribution < 1.29 is 4.79 Å². The maximum Gasteiger partial charge on any atom is 0.251 e. The highest BCUT2D eigenvalue weighted by Gasteiger charge is 2.13. The molecular weight excluding hydrogens is 350 g/mol. The second-order valence-electron chi connectivity index (χ2n) is 5.12. The van der Waals surface area contributed by atoms with E-state index in [9.17, 15) is 4.79 Å². The van der Waals surface area contributed by atoms with E-state index in [0.29, 0.717) is 5.56 Å². The minimum absolute atomic E-state index is 0.0461. The van der Waals surface area contributed by atoms with E-state index in [1.54, 1.807) is 0 Å².